The number of benzene rings is 1. The average Bonchev–Trinajstić information content (AvgIpc) is 2.43. The number of hydrogen-bond acceptors (Lipinski definition) is 3. The molecule has 1 aromatic carbocycles. The molecule has 1 fully saturated rings. The summed E-state index contributed by atoms with van der Waals surface area (Å²) in [6.45, 7) is 5.66. The first kappa shape index (κ1) is 13.8. The third-order valence-corrected chi connectivity index (χ3v) is 3.63. The van der Waals surface area contributed by atoms with Crippen molar-refractivity contribution in [1.82, 2.24) is 10.3 Å². The van der Waals surface area contributed by atoms with Crippen LogP contribution in [0.2, 0.25) is 0 Å². The molecule has 2 amide bonds. The normalized spacial score (nSPS) is 17.2. The molecular weight excluding hydrogens is 240 g/mol. The van der Waals surface area contributed by atoms with E-state index in [4.69, 9.17) is 5.84 Å². The highest BCUT2D eigenvalue weighted by atomic mass is 16.2. The number of amides is 2. The van der Waals surface area contributed by atoms with Crippen LogP contribution in [-0.4, -0.2) is 24.0 Å². The number of nitrogens with zero attached hydrogens (tertiary/aromatic N) is 1. The molecule has 1 heterocycles. The van der Waals surface area contributed by atoms with Crippen LogP contribution in [0.25, 0.3) is 0 Å². The number of carbonyl (C=O) groups excluding carboxylic acids is 1. The molecule has 1 aliphatic rings. The SMILES string of the molecule is CC1CCN(Cc2ccc(NC(=O)NN)cc2)CC1. The Bertz CT molecular complexity index is 410. The summed E-state index contributed by atoms with van der Waals surface area (Å²) in [5.41, 5.74) is 4.06. The van der Waals surface area contributed by atoms with Gasteiger partial charge in [-0.2, -0.15) is 0 Å². The zero-order chi connectivity index (χ0) is 13.7. The van der Waals surface area contributed by atoms with Crippen molar-refractivity contribution in [1.29, 1.82) is 0 Å². The molecule has 0 unspecified atom stereocenters. The second-order valence-electron chi connectivity index (χ2n) is 5.25. The van der Waals surface area contributed by atoms with E-state index in [1.54, 1.807) is 0 Å². The van der Waals surface area contributed by atoms with Gasteiger partial charge in [-0.15, -0.1) is 0 Å². The number of likely N-dealkylation sites (tertiary alicyclic amines) is 1. The fourth-order valence-electron chi connectivity index (χ4n) is 2.34. The molecule has 104 valence electrons. The Balaban J connectivity index is 1.86. The van der Waals surface area contributed by atoms with Gasteiger partial charge in [0.05, 0.1) is 0 Å². The first-order valence-corrected chi connectivity index (χ1v) is 6.76. The van der Waals surface area contributed by atoms with Crippen LogP contribution >= 0.6 is 0 Å². The number of nitrogens with two attached hydrogens (primary N) is 1. The minimum atomic E-state index is -0.405. The van der Waals surface area contributed by atoms with Crippen LogP contribution in [0.4, 0.5) is 10.5 Å². The van der Waals surface area contributed by atoms with Gasteiger partial charge in [0.15, 0.2) is 0 Å². The van der Waals surface area contributed by atoms with Gasteiger partial charge in [0, 0.05) is 12.2 Å². The summed E-state index contributed by atoms with van der Waals surface area (Å²) in [5, 5.41) is 2.64. The van der Waals surface area contributed by atoms with Crippen molar-refractivity contribution in [3.63, 3.8) is 0 Å². The molecule has 2 rings (SSSR count). The van der Waals surface area contributed by atoms with E-state index in [9.17, 15) is 4.79 Å². The van der Waals surface area contributed by atoms with E-state index in [0.717, 1.165) is 18.2 Å². The van der Waals surface area contributed by atoms with Crippen molar-refractivity contribution in [2.75, 3.05) is 18.4 Å². The summed E-state index contributed by atoms with van der Waals surface area (Å²) in [6, 6.07) is 7.49. The van der Waals surface area contributed by atoms with Crippen LogP contribution in [0.5, 0.6) is 0 Å². The summed E-state index contributed by atoms with van der Waals surface area (Å²) in [6.07, 6.45) is 2.58. The highest BCUT2D eigenvalue weighted by Crippen LogP contribution is 2.18. The average molecular weight is 262 g/mol. The lowest BCUT2D eigenvalue weighted by Gasteiger charge is -2.30. The Hall–Kier alpha value is -1.59. The first-order valence-electron chi connectivity index (χ1n) is 6.76. The van der Waals surface area contributed by atoms with Gasteiger partial charge >= 0.3 is 6.03 Å². The number of urea groups is 1. The molecular formula is C14H22N4O. The van der Waals surface area contributed by atoms with E-state index >= 15 is 0 Å². The molecule has 1 aliphatic heterocycles. The molecule has 5 nitrogen and oxygen atoms in total. The van der Waals surface area contributed by atoms with Crippen molar-refractivity contribution < 1.29 is 4.79 Å². The van der Waals surface area contributed by atoms with Crippen LogP contribution in [0.3, 0.4) is 0 Å². The molecule has 1 saturated heterocycles. The van der Waals surface area contributed by atoms with Crippen molar-refractivity contribution in [2.24, 2.45) is 11.8 Å². The standard InChI is InChI=1S/C14H22N4O/c1-11-6-8-18(9-7-11)10-12-2-4-13(5-3-12)16-14(19)17-15/h2-5,11H,6-10,15H2,1H3,(H2,16,17,19). The Morgan fingerprint density at radius 1 is 1.32 bits per heavy atom. The topological polar surface area (TPSA) is 70.4 Å². The van der Waals surface area contributed by atoms with E-state index in [1.165, 1.54) is 31.5 Å². The predicted octanol–water partition coefficient (Wildman–Crippen LogP) is 1.91. The maximum atomic E-state index is 11.1. The fourth-order valence-corrected chi connectivity index (χ4v) is 2.34. The highest BCUT2D eigenvalue weighted by Gasteiger charge is 2.15. The highest BCUT2D eigenvalue weighted by molar-refractivity contribution is 5.88. The Morgan fingerprint density at radius 2 is 1.95 bits per heavy atom. The van der Waals surface area contributed by atoms with E-state index in [-0.39, 0.29) is 0 Å². The molecule has 0 bridgehead atoms. The maximum Gasteiger partial charge on any atom is 0.333 e. The van der Waals surface area contributed by atoms with Crippen molar-refractivity contribution in [3.8, 4) is 0 Å². The number of hydrogen-bond donors (Lipinski definition) is 3. The minimum Gasteiger partial charge on any atom is -0.307 e. The van der Waals surface area contributed by atoms with Gasteiger partial charge in [-0.3, -0.25) is 10.3 Å². The van der Waals surface area contributed by atoms with Crippen LogP contribution in [0, 0.1) is 5.92 Å². The monoisotopic (exact) mass is 262 g/mol. The third kappa shape index (κ3) is 4.22. The Morgan fingerprint density at radius 3 is 2.53 bits per heavy atom. The van der Waals surface area contributed by atoms with E-state index in [2.05, 4.69) is 17.1 Å². The lowest BCUT2D eigenvalue weighted by Crippen LogP contribution is -2.34. The second-order valence-corrected chi connectivity index (χ2v) is 5.25. The molecule has 1 aromatic rings. The third-order valence-electron chi connectivity index (χ3n) is 3.63. The van der Waals surface area contributed by atoms with E-state index < -0.39 is 6.03 Å². The first-order chi connectivity index (χ1) is 9.17. The van der Waals surface area contributed by atoms with Crippen LogP contribution in [0.1, 0.15) is 25.3 Å². The lowest BCUT2D eigenvalue weighted by atomic mass is 9.99. The predicted molar refractivity (Wildman–Crippen MR) is 76.5 cm³/mol. The van der Waals surface area contributed by atoms with Crippen molar-refractivity contribution in [3.05, 3.63) is 29.8 Å². The summed E-state index contributed by atoms with van der Waals surface area (Å²) >= 11 is 0. The zero-order valence-electron chi connectivity index (χ0n) is 11.4. The number of rotatable bonds is 3. The number of hydrazine groups is 1. The quantitative estimate of drug-likeness (QED) is 0.443. The van der Waals surface area contributed by atoms with Gasteiger partial charge in [-0.1, -0.05) is 19.1 Å². The van der Waals surface area contributed by atoms with Crippen LogP contribution < -0.4 is 16.6 Å². The molecule has 4 N–H and O–H groups in total. The van der Waals surface area contributed by atoms with E-state index in [0.29, 0.717) is 0 Å². The molecule has 0 radical (unpaired) electrons. The molecule has 0 aliphatic carbocycles. The maximum absolute atomic E-state index is 11.1. The number of carbonyl (C=O) groups is 1. The molecule has 0 aromatic heterocycles. The zero-order valence-corrected chi connectivity index (χ0v) is 11.4. The summed E-state index contributed by atoms with van der Waals surface area (Å²) in [7, 11) is 0. The Labute approximate surface area is 114 Å². The van der Waals surface area contributed by atoms with Crippen LogP contribution in [-0.2, 0) is 6.54 Å². The van der Waals surface area contributed by atoms with Gasteiger partial charge in [0.25, 0.3) is 0 Å². The molecule has 5 heteroatoms. The van der Waals surface area contributed by atoms with Crippen LogP contribution in [0.15, 0.2) is 24.3 Å². The summed E-state index contributed by atoms with van der Waals surface area (Å²) in [4.78, 5) is 13.5. The van der Waals surface area contributed by atoms with Crippen molar-refractivity contribution >= 4 is 11.7 Å². The number of piperidine rings is 1. The minimum absolute atomic E-state index is 0.405. The molecule has 0 spiro atoms. The van der Waals surface area contributed by atoms with Gasteiger partial charge in [-0.05, 0) is 49.5 Å². The number of anilines is 1. The van der Waals surface area contributed by atoms with Gasteiger partial charge < -0.3 is 5.32 Å². The molecule has 0 saturated carbocycles. The van der Waals surface area contributed by atoms with Gasteiger partial charge in [-0.25, -0.2) is 10.6 Å². The molecule has 0 atom stereocenters. The Kier molecular flexibility index (Phi) is 4.76. The lowest BCUT2D eigenvalue weighted by molar-refractivity contribution is 0.185. The van der Waals surface area contributed by atoms with E-state index in [1.807, 2.05) is 29.7 Å². The molecule has 19 heavy (non-hydrogen) atoms. The van der Waals surface area contributed by atoms with Gasteiger partial charge in [0.1, 0.15) is 0 Å². The summed E-state index contributed by atoms with van der Waals surface area (Å²) in [5.74, 6) is 5.87. The number of nitrogens with one attached hydrogen (secondary N) is 2. The van der Waals surface area contributed by atoms with Crippen molar-refractivity contribution in [2.45, 2.75) is 26.3 Å². The largest absolute Gasteiger partial charge is 0.333 e. The fraction of sp³-hybridized carbons (Fsp3) is 0.500. The second kappa shape index (κ2) is 6.54. The van der Waals surface area contributed by atoms with Gasteiger partial charge in [0.2, 0.25) is 0 Å². The summed E-state index contributed by atoms with van der Waals surface area (Å²) < 4.78 is 0. The smallest absolute Gasteiger partial charge is 0.307 e.